The molecule has 2 aromatic heterocycles. The minimum absolute atomic E-state index is 0.0809. The van der Waals surface area contributed by atoms with Gasteiger partial charge in [0.15, 0.2) is 5.82 Å². The van der Waals surface area contributed by atoms with Crippen LogP contribution in [0.2, 0.25) is 0 Å². The molecule has 1 aliphatic heterocycles. The minimum atomic E-state index is -0.246. The zero-order valence-electron chi connectivity index (χ0n) is 15.0. The summed E-state index contributed by atoms with van der Waals surface area (Å²) in [6.45, 7) is 2.84. The van der Waals surface area contributed by atoms with Gasteiger partial charge in [-0.2, -0.15) is 20.1 Å². The average molecular weight is 368 g/mol. The van der Waals surface area contributed by atoms with Gasteiger partial charge in [0, 0.05) is 18.3 Å². The first-order valence-electron chi connectivity index (χ1n) is 8.97. The molecular formula is C18H21FN8. The first kappa shape index (κ1) is 17.2. The van der Waals surface area contributed by atoms with Crippen LogP contribution in [0, 0.1) is 5.82 Å². The van der Waals surface area contributed by atoms with Crippen LogP contribution in [0.25, 0.3) is 0 Å². The van der Waals surface area contributed by atoms with Crippen molar-refractivity contribution in [2.24, 2.45) is 0 Å². The number of nitrogen functional groups attached to an aromatic ring is 1. The predicted octanol–water partition coefficient (Wildman–Crippen LogP) is 2.96. The maximum atomic E-state index is 13.3. The molecule has 27 heavy (non-hydrogen) atoms. The van der Waals surface area contributed by atoms with Crippen LogP contribution < -0.4 is 16.0 Å². The first-order valence-corrected chi connectivity index (χ1v) is 8.97. The number of anilines is 4. The zero-order valence-corrected chi connectivity index (χ0v) is 15.0. The SMILES string of the molecule is CCc1cc(Nc2nc(N)nc(N3CCCC3c3ccc(F)cc3)n2)n[nH]1. The number of nitrogens with one attached hydrogen (secondary N) is 2. The average Bonchev–Trinajstić information content (AvgIpc) is 3.31. The third-order valence-electron chi connectivity index (χ3n) is 4.66. The zero-order chi connectivity index (χ0) is 18.8. The van der Waals surface area contributed by atoms with Gasteiger partial charge in [0.25, 0.3) is 0 Å². The molecule has 0 bridgehead atoms. The van der Waals surface area contributed by atoms with E-state index in [1.807, 2.05) is 13.0 Å². The van der Waals surface area contributed by atoms with E-state index in [1.54, 1.807) is 12.1 Å². The van der Waals surface area contributed by atoms with Gasteiger partial charge < -0.3 is 16.0 Å². The van der Waals surface area contributed by atoms with E-state index in [2.05, 4.69) is 35.4 Å². The van der Waals surface area contributed by atoms with Crippen molar-refractivity contribution in [3.8, 4) is 0 Å². The number of aromatic nitrogens is 5. The van der Waals surface area contributed by atoms with Crippen LogP contribution in [-0.4, -0.2) is 31.7 Å². The molecule has 4 rings (SSSR count). The number of nitrogens with two attached hydrogens (primary N) is 1. The standard InChI is InChI=1S/C18H21FN8/c1-2-13-10-15(26-25-13)21-17-22-16(20)23-18(24-17)27-9-3-4-14(27)11-5-7-12(19)8-6-11/h5-8,10,14H,2-4,9H2,1H3,(H4,20,21,22,23,24,25,26). The lowest BCUT2D eigenvalue weighted by molar-refractivity contribution is 0.624. The number of aryl methyl sites for hydroxylation is 1. The van der Waals surface area contributed by atoms with Gasteiger partial charge in [0.05, 0.1) is 6.04 Å². The lowest BCUT2D eigenvalue weighted by Gasteiger charge is -2.25. The van der Waals surface area contributed by atoms with Gasteiger partial charge in [-0.25, -0.2) is 4.39 Å². The maximum absolute atomic E-state index is 13.3. The molecule has 0 aliphatic carbocycles. The summed E-state index contributed by atoms with van der Waals surface area (Å²) in [7, 11) is 0. The van der Waals surface area contributed by atoms with Crippen molar-refractivity contribution in [3.63, 3.8) is 0 Å². The van der Waals surface area contributed by atoms with E-state index in [1.165, 1.54) is 12.1 Å². The second-order valence-corrected chi connectivity index (χ2v) is 6.48. The maximum Gasteiger partial charge on any atom is 0.235 e. The number of H-pyrrole nitrogens is 1. The summed E-state index contributed by atoms with van der Waals surface area (Å²) in [6, 6.07) is 8.54. The van der Waals surface area contributed by atoms with Gasteiger partial charge in [-0.15, -0.1) is 0 Å². The third kappa shape index (κ3) is 3.67. The normalized spacial score (nSPS) is 16.7. The van der Waals surface area contributed by atoms with Crippen molar-refractivity contribution in [1.82, 2.24) is 25.1 Å². The van der Waals surface area contributed by atoms with Crippen molar-refractivity contribution < 1.29 is 4.39 Å². The molecule has 1 unspecified atom stereocenters. The predicted molar refractivity (Wildman–Crippen MR) is 101 cm³/mol. The van der Waals surface area contributed by atoms with Gasteiger partial charge in [-0.3, -0.25) is 5.10 Å². The molecule has 8 nitrogen and oxygen atoms in total. The van der Waals surface area contributed by atoms with Gasteiger partial charge in [0.1, 0.15) is 5.82 Å². The van der Waals surface area contributed by atoms with Crippen molar-refractivity contribution >= 4 is 23.7 Å². The highest BCUT2D eigenvalue weighted by molar-refractivity contribution is 5.52. The fraction of sp³-hybridized carbons (Fsp3) is 0.333. The molecule has 9 heteroatoms. The molecule has 140 valence electrons. The first-order chi connectivity index (χ1) is 13.1. The number of rotatable bonds is 5. The topological polar surface area (TPSA) is 109 Å². The Morgan fingerprint density at radius 1 is 1.26 bits per heavy atom. The van der Waals surface area contributed by atoms with E-state index in [0.29, 0.717) is 17.7 Å². The molecule has 0 saturated carbocycles. The van der Waals surface area contributed by atoms with Crippen molar-refractivity contribution in [1.29, 1.82) is 0 Å². The van der Waals surface area contributed by atoms with Gasteiger partial charge in [-0.1, -0.05) is 19.1 Å². The number of hydrogen-bond donors (Lipinski definition) is 3. The summed E-state index contributed by atoms with van der Waals surface area (Å²) in [6.07, 6.45) is 2.79. The smallest absolute Gasteiger partial charge is 0.235 e. The highest BCUT2D eigenvalue weighted by atomic mass is 19.1. The van der Waals surface area contributed by atoms with Crippen LogP contribution in [0.3, 0.4) is 0 Å². The van der Waals surface area contributed by atoms with E-state index in [9.17, 15) is 4.39 Å². The van der Waals surface area contributed by atoms with Gasteiger partial charge in [-0.05, 0) is 37.0 Å². The number of halogens is 1. The quantitative estimate of drug-likeness (QED) is 0.635. The number of aromatic amines is 1. The summed E-state index contributed by atoms with van der Waals surface area (Å²) in [4.78, 5) is 15.1. The van der Waals surface area contributed by atoms with Crippen molar-refractivity contribution in [2.45, 2.75) is 32.2 Å². The van der Waals surface area contributed by atoms with Crippen LogP contribution in [0.4, 0.5) is 28.1 Å². The highest BCUT2D eigenvalue weighted by Crippen LogP contribution is 2.35. The van der Waals surface area contributed by atoms with E-state index in [0.717, 1.165) is 37.1 Å². The van der Waals surface area contributed by atoms with Gasteiger partial charge in [0.2, 0.25) is 17.8 Å². The Morgan fingerprint density at radius 3 is 2.81 bits per heavy atom. The van der Waals surface area contributed by atoms with Crippen molar-refractivity contribution in [3.05, 3.63) is 47.4 Å². The lowest BCUT2D eigenvalue weighted by Crippen LogP contribution is -2.25. The van der Waals surface area contributed by atoms with Gasteiger partial charge >= 0.3 is 0 Å². The number of benzene rings is 1. The van der Waals surface area contributed by atoms with E-state index >= 15 is 0 Å². The lowest BCUT2D eigenvalue weighted by atomic mass is 10.0. The second-order valence-electron chi connectivity index (χ2n) is 6.48. The molecule has 1 aliphatic rings. The molecule has 3 aromatic rings. The van der Waals surface area contributed by atoms with E-state index < -0.39 is 0 Å². The van der Waals surface area contributed by atoms with Crippen LogP contribution in [0.15, 0.2) is 30.3 Å². The van der Waals surface area contributed by atoms with E-state index in [-0.39, 0.29) is 17.8 Å². The summed E-state index contributed by atoms with van der Waals surface area (Å²) in [5.74, 6) is 1.36. The fourth-order valence-electron chi connectivity index (χ4n) is 3.32. The Morgan fingerprint density at radius 2 is 2.07 bits per heavy atom. The largest absolute Gasteiger partial charge is 0.368 e. The minimum Gasteiger partial charge on any atom is -0.368 e. The monoisotopic (exact) mass is 368 g/mol. The summed E-state index contributed by atoms with van der Waals surface area (Å²) in [5.41, 5.74) is 7.95. The Bertz CT molecular complexity index is 923. The summed E-state index contributed by atoms with van der Waals surface area (Å²) < 4.78 is 13.3. The molecule has 1 fully saturated rings. The van der Waals surface area contributed by atoms with Crippen LogP contribution in [0.1, 0.15) is 37.1 Å². The van der Waals surface area contributed by atoms with Crippen molar-refractivity contribution in [2.75, 3.05) is 22.5 Å². The molecule has 0 spiro atoms. The van der Waals surface area contributed by atoms with Crippen LogP contribution >= 0.6 is 0 Å². The molecule has 0 amide bonds. The number of nitrogens with zero attached hydrogens (tertiary/aromatic N) is 5. The summed E-state index contributed by atoms with van der Waals surface area (Å²) in [5, 5.41) is 10.2. The fourth-order valence-corrected chi connectivity index (χ4v) is 3.32. The molecule has 1 saturated heterocycles. The Balaban J connectivity index is 1.60. The number of hydrogen-bond acceptors (Lipinski definition) is 7. The molecule has 3 heterocycles. The summed E-state index contributed by atoms with van der Waals surface area (Å²) >= 11 is 0. The van der Waals surface area contributed by atoms with Crippen LogP contribution in [0.5, 0.6) is 0 Å². The molecule has 0 radical (unpaired) electrons. The van der Waals surface area contributed by atoms with Crippen LogP contribution in [-0.2, 0) is 6.42 Å². The highest BCUT2D eigenvalue weighted by Gasteiger charge is 2.29. The Labute approximate surface area is 156 Å². The molecule has 1 atom stereocenters. The Kier molecular flexibility index (Phi) is 4.57. The third-order valence-corrected chi connectivity index (χ3v) is 4.66. The Hall–Kier alpha value is -3.23. The van der Waals surface area contributed by atoms with E-state index in [4.69, 9.17) is 5.73 Å². The molecular weight excluding hydrogens is 347 g/mol. The molecule has 4 N–H and O–H groups in total. The second kappa shape index (κ2) is 7.18. The molecule has 1 aromatic carbocycles.